The van der Waals surface area contributed by atoms with Crippen molar-refractivity contribution in [1.82, 2.24) is 4.90 Å². The van der Waals surface area contributed by atoms with E-state index < -0.39 is 0 Å². The van der Waals surface area contributed by atoms with E-state index in [-0.39, 0.29) is 25.2 Å². The first kappa shape index (κ1) is 14.8. The number of nitrogens with two attached hydrogens (primary N) is 1. The van der Waals surface area contributed by atoms with E-state index in [1.807, 2.05) is 17.9 Å². The van der Waals surface area contributed by atoms with Crippen LogP contribution in [0.15, 0.2) is 18.2 Å². The van der Waals surface area contributed by atoms with Gasteiger partial charge in [-0.1, -0.05) is 6.07 Å². The monoisotopic (exact) mass is 279 g/mol. The van der Waals surface area contributed by atoms with Crippen LogP contribution >= 0.6 is 0 Å². The Kier molecular flexibility index (Phi) is 4.94. The predicted octanol–water partition coefficient (Wildman–Crippen LogP) is 0.209. The van der Waals surface area contributed by atoms with Crippen LogP contribution in [0.3, 0.4) is 0 Å². The Morgan fingerprint density at radius 2 is 2.40 bits per heavy atom. The molecule has 1 aromatic carbocycles. The van der Waals surface area contributed by atoms with Gasteiger partial charge in [0.1, 0.15) is 0 Å². The highest BCUT2D eigenvalue weighted by atomic mass is 16.5. The lowest BCUT2D eigenvalue weighted by atomic mass is 10.2. The lowest BCUT2D eigenvalue weighted by molar-refractivity contribution is -0.120. The summed E-state index contributed by atoms with van der Waals surface area (Å²) < 4.78 is 5.35. The summed E-state index contributed by atoms with van der Waals surface area (Å²) in [5, 5.41) is 11.9. The van der Waals surface area contributed by atoms with E-state index in [2.05, 4.69) is 5.32 Å². The van der Waals surface area contributed by atoms with Gasteiger partial charge in [-0.05, 0) is 24.6 Å². The Balaban J connectivity index is 1.90. The quantitative estimate of drug-likeness (QED) is 0.686. The summed E-state index contributed by atoms with van der Waals surface area (Å²) in [5.74, 6) is -0.0858. The second kappa shape index (κ2) is 6.69. The molecule has 0 radical (unpaired) electrons. The molecule has 0 bridgehead atoms. The summed E-state index contributed by atoms with van der Waals surface area (Å²) in [6, 6.07) is 5.43. The minimum absolute atomic E-state index is 0.0214. The Morgan fingerprint density at radius 1 is 1.60 bits per heavy atom. The Hall–Kier alpha value is -1.63. The van der Waals surface area contributed by atoms with Crippen molar-refractivity contribution in [3.8, 4) is 0 Å². The van der Waals surface area contributed by atoms with E-state index >= 15 is 0 Å². The largest absolute Gasteiger partial charge is 0.399 e. The first-order valence-electron chi connectivity index (χ1n) is 6.69. The molecule has 20 heavy (non-hydrogen) atoms. The van der Waals surface area contributed by atoms with Crippen LogP contribution in [0.1, 0.15) is 5.56 Å². The molecule has 0 spiro atoms. The summed E-state index contributed by atoms with van der Waals surface area (Å²) in [5.41, 5.74) is 8.05. The zero-order valence-electron chi connectivity index (χ0n) is 11.6. The van der Waals surface area contributed by atoms with Gasteiger partial charge in [-0.15, -0.1) is 0 Å². The standard InChI is InChI=1S/C14H21N3O3/c1-10-2-3-11(15)6-13(10)16-14(19)8-17-4-5-20-12(7-17)9-18/h2-3,6,12,18H,4-5,7-9,15H2,1H3,(H,16,19). The second-order valence-corrected chi connectivity index (χ2v) is 5.03. The zero-order chi connectivity index (χ0) is 14.5. The van der Waals surface area contributed by atoms with Crippen molar-refractivity contribution >= 4 is 17.3 Å². The van der Waals surface area contributed by atoms with Crippen LogP contribution < -0.4 is 11.1 Å². The first-order chi connectivity index (χ1) is 9.58. The average molecular weight is 279 g/mol. The number of ether oxygens (including phenoxy) is 1. The number of rotatable bonds is 4. The smallest absolute Gasteiger partial charge is 0.238 e. The minimum atomic E-state index is -0.203. The molecule has 6 nitrogen and oxygen atoms in total. The van der Waals surface area contributed by atoms with Gasteiger partial charge in [0.15, 0.2) is 0 Å². The van der Waals surface area contributed by atoms with E-state index in [9.17, 15) is 4.79 Å². The lowest BCUT2D eigenvalue weighted by Crippen LogP contribution is -2.46. The third-order valence-corrected chi connectivity index (χ3v) is 3.33. The molecule has 6 heteroatoms. The number of morpholine rings is 1. The summed E-state index contributed by atoms with van der Waals surface area (Å²) in [6.07, 6.45) is -0.203. The molecule has 110 valence electrons. The van der Waals surface area contributed by atoms with E-state index in [0.29, 0.717) is 25.4 Å². The molecule has 1 saturated heterocycles. The number of hydrogen-bond donors (Lipinski definition) is 3. The van der Waals surface area contributed by atoms with Crippen LogP contribution in [0.5, 0.6) is 0 Å². The van der Waals surface area contributed by atoms with Crippen LogP contribution in [0, 0.1) is 6.92 Å². The molecule has 1 atom stereocenters. The summed E-state index contributed by atoms with van der Waals surface area (Å²) in [6.45, 7) is 3.99. The van der Waals surface area contributed by atoms with Gasteiger partial charge in [0.05, 0.1) is 25.9 Å². The van der Waals surface area contributed by atoms with E-state index in [1.165, 1.54) is 0 Å². The van der Waals surface area contributed by atoms with E-state index in [0.717, 1.165) is 11.3 Å². The van der Waals surface area contributed by atoms with Gasteiger partial charge in [0, 0.05) is 24.5 Å². The molecule has 0 aliphatic carbocycles. The molecule has 1 amide bonds. The fourth-order valence-electron chi connectivity index (χ4n) is 2.20. The number of aliphatic hydroxyl groups excluding tert-OH is 1. The Morgan fingerprint density at radius 3 is 3.15 bits per heavy atom. The molecule has 4 N–H and O–H groups in total. The predicted molar refractivity (Wildman–Crippen MR) is 77.5 cm³/mol. The highest BCUT2D eigenvalue weighted by molar-refractivity contribution is 5.93. The number of nitrogens with one attached hydrogen (secondary N) is 1. The highest BCUT2D eigenvalue weighted by Gasteiger charge is 2.21. The third kappa shape index (κ3) is 3.93. The maximum absolute atomic E-state index is 12.0. The number of aliphatic hydroxyl groups is 1. The lowest BCUT2D eigenvalue weighted by Gasteiger charge is -2.31. The number of carbonyl (C=O) groups is 1. The molecule has 1 aliphatic rings. The third-order valence-electron chi connectivity index (χ3n) is 3.33. The average Bonchev–Trinajstić information content (AvgIpc) is 2.43. The Labute approximate surface area is 118 Å². The summed E-state index contributed by atoms with van der Waals surface area (Å²) in [7, 11) is 0. The van der Waals surface area contributed by atoms with Crippen LogP contribution in [0.4, 0.5) is 11.4 Å². The normalized spacial score (nSPS) is 19.8. The molecule has 1 fully saturated rings. The van der Waals surface area contributed by atoms with Crippen LogP contribution in [0.2, 0.25) is 0 Å². The number of nitrogens with zero attached hydrogens (tertiary/aromatic N) is 1. The van der Waals surface area contributed by atoms with E-state index in [1.54, 1.807) is 12.1 Å². The maximum Gasteiger partial charge on any atom is 0.238 e. The number of carbonyl (C=O) groups excluding carboxylic acids is 1. The van der Waals surface area contributed by atoms with Gasteiger partial charge in [-0.25, -0.2) is 0 Å². The fourth-order valence-corrected chi connectivity index (χ4v) is 2.20. The van der Waals surface area contributed by atoms with Gasteiger partial charge in [-0.2, -0.15) is 0 Å². The van der Waals surface area contributed by atoms with Crippen molar-refractivity contribution < 1.29 is 14.6 Å². The molecule has 0 saturated carbocycles. The number of amides is 1. The van der Waals surface area contributed by atoms with Crippen molar-refractivity contribution in [2.45, 2.75) is 13.0 Å². The molecule has 0 aromatic heterocycles. The van der Waals surface area contributed by atoms with Crippen molar-refractivity contribution in [3.63, 3.8) is 0 Å². The molecule has 1 heterocycles. The van der Waals surface area contributed by atoms with Gasteiger partial charge < -0.3 is 20.9 Å². The topological polar surface area (TPSA) is 87.8 Å². The highest BCUT2D eigenvalue weighted by Crippen LogP contribution is 2.18. The van der Waals surface area contributed by atoms with Gasteiger partial charge >= 0.3 is 0 Å². The molecule has 1 unspecified atom stereocenters. The van der Waals surface area contributed by atoms with Crippen molar-refractivity contribution in [2.24, 2.45) is 0 Å². The molecular weight excluding hydrogens is 258 g/mol. The number of benzene rings is 1. The van der Waals surface area contributed by atoms with Crippen LogP contribution in [-0.4, -0.2) is 54.9 Å². The number of aryl methyl sites for hydroxylation is 1. The number of nitrogen functional groups attached to an aromatic ring is 1. The SMILES string of the molecule is Cc1ccc(N)cc1NC(=O)CN1CCOC(CO)C1. The zero-order valence-corrected chi connectivity index (χ0v) is 11.6. The minimum Gasteiger partial charge on any atom is -0.399 e. The van der Waals surface area contributed by atoms with Gasteiger partial charge in [0.25, 0.3) is 0 Å². The molecule has 1 aliphatic heterocycles. The number of hydrogen-bond acceptors (Lipinski definition) is 5. The van der Waals surface area contributed by atoms with Crippen molar-refractivity contribution in [3.05, 3.63) is 23.8 Å². The van der Waals surface area contributed by atoms with Crippen molar-refractivity contribution in [2.75, 3.05) is 43.9 Å². The molecule has 2 rings (SSSR count). The fraction of sp³-hybridized carbons (Fsp3) is 0.500. The van der Waals surface area contributed by atoms with Crippen LogP contribution in [0.25, 0.3) is 0 Å². The Bertz CT molecular complexity index is 479. The van der Waals surface area contributed by atoms with Crippen molar-refractivity contribution in [1.29, 1.82) is 0 Å². The first-order valence-corrected chi connectivity index (χ1v) is 6.69. The van der Waals surface area contributed by atoms with Gasteiger partial charge in [0.2, 0.25) is 5.91 Å². The second-order valence-electron chi connectivity index (χ2n) is 5.03. The molecule has 1 aromatic rings. The summed E-state index contributed by atoms with van der Waals surface area (Å²) >= 11 is 0. The summed E-state index contributed by atoms with van der Waals surface area (Å²) in [4.78, 5) is 14.0. The van der Waals surface area contributed by atoms with E-state index in [4.69, 9.17) is 15.6 Å². The van der Waals surface area contributed by atoms with Gasteiger partial charge in [-0.3, -0.25) is 9.69 Å². The molecular formula is C14H21N3O3. The number of anilines is 2. The van der Waals surface area contributed by atoms with Crippen LogP contribution in [-0.2, 0) is 9.53 Å². The maximum atomic E-state index is 12.0.